The largest absolute Gasteiger partial charge is 0.308 e. The molecule has 0 saturated heterocycles. The zero-order chi connectivity index (χ0) is 11.2. The fraction of sp³-hybridized carbons (Fsp3) is 0.867. The van der Waals surface area contributed by atoms with E-state index in [1.54, 1.807) is 19.3 Å². The maximum atomic E-state index is 3.88. The van der Waals surface area contributed by atoms with Crippen LogP contribution in [0, 0.1) is 17.8 Å². The molecule has 1 N–H and O–H groups in total. The average Bonchev–Trinajstić information content (AvgIpc) is 2.13. The van der Waals surface area contributed by atoms with E-state index in [9.17, 15) is 0 Å². The van der Waals surface area contributed by atoms with Gasteiger partial charge in [-0.05, 0) is 70.1 Å². The first-order chi connectivity index (χ1) is 7.65. The molecule has 0 radical (unpaired) electrons. The van der Waals surface area contributed by atoms with Gasteiger partial charge in [0, 0.05) is 12.1 Å². The third kappa shape index (κ3) is 1.95. The van der Waals surface area contributed by atoms with Crippen molar-refractivity contribution in [2.24, 2.45) is 17.8 Å². The lowest BCUT2D eigenvalue weighted by molar-refractivity contribution is -0.0179. The van der Waals surface area contributed by atoms with Crippen LogP contribution in [-0.4, -0.2) is 12.1 Å². The van der Waals surface area contributed by atoms with Gasteiger partial charge in [-0.1, -0.05) is 11.6 Å². The molecule has 4 rings (SSSR count). The van der Waals surface area contributed by atoms with Crippen molar-refractivity contribution in [2.45, 2.75) is 57.9 Å². The van der Waals surface area contributed by atoms with Crippen LogP contribution in [0.3, 0.4) is 0 Å². The highest BCUT2D eigenvalue weighted by Crippen LogP contribution is 2.55. The summed E-state index contributed by atoms with van der Waals surface area (Å²) in [5.74, 6) is 3.18. The van der Waals surface area contributed by atoms with Gasteiger partial charge >= 0.3 is 0 Å². The zero-order valence-electron chi connectivity index (χ0n) is 10.8. The summed E-state index contributed by atoms with van der Waals surface area (Å²) in [5, 5.41) is 3.88. The molecule has 4 bridgehead atoms. The Morgan fingerprint density at radius 2 is 1.56 bits per heavy atom. The standard InChI is InChI=1S/C15H25N/c1-11(2)3-4-16-15-8-12-5-13(9-15)7-14(6-12)10-15/h3,12-14,16H,4-10H2,1-2H3. The Bertz CT molecular complexity index is 263. The fourth-order valence-electron chi connectivity index (χ4n) is 4.80. The number of nitrogens with one attached hydrogen (secondary N) is 1. The molecule has 0 atom stereocenters. The SMILES string of the molecule is CC(C)=CCNC12CC3CC(CC(C3)C1)C2. The van der Waals surface area contributed by atoms with Crippen LogP contribution in [0.25, 0.3) is 0 Å². The first-order valence-corrected chi connectivity index (χ1v) is 7.04. The summed E-state index contributed by atoms with van der Waals surface area (Å²) < 4.78 is 0. The summed E-state index contributed by atoms with van der Waals surface area (Å²) in [7, 11) is 0. The average molecular weight is 219 g/mol. The summed E-state index contributed by atoms with van der Waals surface area (Å²) >= 11 is 0. The van der Waals surface area contributed by atoms with E-state index in [1.165, 1.54) is 24.8 Å². The molecule has 1 heteroatoms. The van der Waals surface area contributed by atoms with Crippen molar-refractivity contribution in [3.05, 3.63) is 11.6 Å². The molecule has 0 aromatic heterocycles. The third-order valence-corrected chi connectivity index (χ3v) is 5.03. The van der Waals surface area contributed by atoms with E-state index >= 15 is 0 Å². The van der Waals surface area contributed by atoms with Crippen molar-refractivity contribution in [3.8, 4) is 0 Å². The Balaban J connectivity index is 1.67. The Hall–Kier alpha value is -0.300. The molecule has 4 aliphatic rings. The molecule has 0 spiro atoms. The van der Waals surface area contributed by atoms with Crippen LogP contribution in [0.2, 0.25) is 0 Å². The maximum Gasteiger partial charge on any atom is 0.0192 e. The van der Waals surface area contributed by atoms with Crippen LogP contribution in [0.4, 0.5) is 0 Å². The number of hydrogen-bond acceptors (Lipinski definition) is 1. The van der Waals surface area contributed by atoms with E-state index in [-0.39, 0.29) is 0 Å². The molecule has 0 amide bonds. The summed E-state index contributed by atoms with van der Waals surface area (Å²) in [5.41, 5.74) is 1.98. The molecule has 0 heterocycles. The van der Waals surface area contributed by atoms with Gasteiger partial charge in [0.25, 0.3) is 0 Å². The van der Waals surface area contributed by atoms with Crippen molar-refractivity contribution in [1.82, 2.24) is 5.32 Å². The van der Waals surface area contributed by atoms with Gasteiger partial charge in [-0.2, -0.15) is 0 Å². The molecular weight excluding hydrogens is 194 g/mol. The predicted octanol–water partition coefficient (Wildman–Crippen LogP) is 3.51. The normalized spacial score (nSPS) is 44.8. The molecule has 90 valence electrons. The van der Waals surface area contributed by atoms with Crippen LogP contribution >= 0.6 is 0 Å². The molecule has 4 aliphatic carbocycles. The van der Waals surface area contributed by atoms with Gasteiger partial charge in [-0.3, -0.25) is 0 Å². The van der Waals surface area contributed by atoms with E-state index in [2.05, 4.69) is 25.2 Å². The zero-order valence-corrected chi connectivity index (χ0v) is 10.8. The van der Waals surface area contributed by atoms with Crippen molar-refractivity contribution >= 4 is 0 Å². The van der Waals surface area contributed by atoms with Crippen LogP contribution in [0.5, 0.6) is 0 Å². The first kappa shape index (κ1) is 10.8. The minimum Gasteiger partial charge on any atom is -0.308 e. The summed E-state index contributed by atoms with van der Waals surface area (Å²) in [4.78, 5) is 0. The molecule has 0 aromatic carbocycles. The van der Waals surface area contributed by atoms with Gasteiger partial charge < -0.3 is 5.32 Å². The Labute approximate surface area is 99.7 Å². The lowest BCUT2D eigenvalue weighted by Gasteiger charge is -2.57. The minimum absolute atomic E-state index is 0.542. The Kier molecular flexibility index (Phi) is 2.62. The van der Waals surface area contributed by atoms with Crippen molar-refractivity contribution < 1.29 is 0 Å². The highest BCUT2D eigenvalue weighted by atomic mass is 15.0. The molecule has 0 aromatic rings. The molecule has 4 saturated carbocycles. The van der Waals surface area contributed by atoms with E-state index in [0.29, 0.717) is 5.54 Å². The molecular formula is C15H25N. The minimum atomic E-state index is 0.542. The number of hydrogen-bond donors (Lipinski definition) is 1. The third-order valence-electron chi connectivity index (χ3n) is 5.03. The maximum absolute atomic E-state index is 3.88. The summed E-state index contributed by atoms with van der Waals surface area (Å²) in [6.45, 7) is 5.48. The van der Waals surface area contributed by atoms with E-state index in [0.717, 1.165) is 24.3 Å². The van der Waals surface area contributed by atoms with Crippen LogP contribution in [-0.2, 0) is 0 Å². The molecule has 0 aliphatic heterocycles. The molecule has 1 nitrogen and oxygen atoms in total. The van der Waals surface area contributed by atoms with Crippen LogP contribution in [0.1, 0.15) is 52.4 Å². The second-order valence-corrected chi connectivity index (χ2v) is 6.86. The Morgan fingerprint density at radius 1 is 1.06 bits per heavy atom. The van der Waals surface area contributed by atoms with Gasteiger partial charge in [0.15, 0.2) is 0 Å². The van der Waals surface area contributed by atoms with Gasteiger partial charge in [0.1, 0.15) is 0 Å². The van der Waals surface area contributed by atoms with Crippen LogP contribution < -0.4 is 5.32 Å². The fourth-order valence-corrected chi connectivity index (χ4v) is 4.80. The highest BCUT2D eigenvalue weighted by molar-refractivity contribution is 5.07. The predicted molar refractivity (Wildman–Crippen MR) is 68.3 cm³/mol. The summed E-state index contributed by atoms with van der Waals surface area (Å²) in [6.07, 6.45) is 11.4. The number of allylic oxidation sites excluding steroid dienone is 1. The van der Waals surface area contributed by atoms with E-state index in [1.807, 2.05) is 0 Å². The second kappa shape index (κ2) is 3.87. The van der Waals surface area contributed by atoms with Crippen molar-refractivity contribution in [3.63, 3.8) is 0 Å². The quantitative estimate of drug-likeness (QED) is 0.716. The highest BCUT2D eigenvalue weighted by Gasteiger charge is 2.50. The second-order valence-electron chi connectivity index (χ2n) is 6.86. The van der Waals surface area contributed by atoms with Crippen molar-refractivity contribution in [2.75, 3.05) is 6.54 Å². The summed E-state index contributed by atoms with van der Waals surface area (Å²) in [6, 6.07) is 0. The van der Waals surface area contributed by atoms with Crippen molar-refractivity contribution in [1.29, 1.82) is 0 Å². The van der Waals surface area contributed by atoms with Gasteiger partial charge in [0.05, 0.1) is 0 Å². The molecule has 4 fully saturated rings. The lowest BCUT2D eigenvalue weighted by atomic mass is 9.53. The van der Waals surface area contributed by atoms with Gasteiger partial charge in [0.2, 0.25) is 0 Å². The van der Waals surface area contributed by atoms with E-state index < -0.39 is 0 Å². The molecule has 16 heavy (non-hydrogen) atoms. The number of rotatable bonds is 3. The van der Waals surface area contributed by atoms with Gasteiger partial charge in [-0.15, -0.1) is 0 Å². The monoisotopic (exact) mass is 219 g/mol. The smallest absolute Gasteiger partial charge is 0.0192 e. The van der Waals surface area contributed by atoms with Gasteiger partial charge in [-0.25, -0.2) is 0 Å². The van der Waals surface area contributed by atoms with E-state index in [4.69, 9.17) is 0 Å². The Morgan fingerprint density at radius 3 is 2.00 bits per heavy atom. The first-order valence-electron chi connectivity index (χ1n) is 7.04. The topological polar surface area (TPSA) is 12.0 Å². The lowest BCUT2D eigenvalue weighted by Crippen LogP contribution is -2.58. The molecule has 0 unspecified atom stereocenters. The van der Waals surface area contributed by atoms with Crippen LogP contribution in [0.15, 0.2) is 11.6 Å².